The third-order valence-electron chi connectivity index (χ3n) is 1.29. The van der Waals surface area contributed by atoms with Crippen LogP contribution in [0.3, 0.4) is 0 Å². The Bertz CT molecular complexity index is 216. The van der Waals surface area contributed by atoms with Crippen molar-refractivity contribution < 1.29 is 5.11 Å². The van der Waals surface area contributed by atoms with E-state index in [4.69, 9.17) is 10.9 Å². The van der Waals surface area contributed by atoms with Crippen molar-refractivity contribution in [1.82, 2.24) is 5.01 Å². The van der Waals surface area contributed by atoms with Crippen LogP contribution in [0, 0.1) is 0 Å². The summed E-state index contributed by atoms with van der Waals surface area (Å²) in [4.78, 5) is 0. The molecule has 0 saturated carbocycles. The van der Waals surface area contributed by atoms with E-state index in [0.717, 1.165) is 5.70 Å². The minimum Gasteiger partial charge on any atom is -0.506 e. The molecule has 0 spiro atoms. The Balaban J connectivity index is 2.84. The summed E-state index contributed by atoms with van der Waals surface area (Å²) in [5, 5.41) is 10.3. The molecule has 3 nitrogen and oxygen atoms in total. The molecule has 0 aliphatic carbocycles. The quantitative estimate of drug-likeness (QED) is 0.491. The molecule has 0 radical (unpaired) electrons. The number of allylic oxidation sites excluding steroid dienone is 3. The SMILES string of the molecule is C/C=C1/C=CC(O)=CN1N. The number of nitrogens with zero attached hydrogens (tertiary/aromatic N) is 1. The molecule has 1 aliphatic rings. The monoisotopic (exact) mass is 138 g/mol. The zero-order chi connectivity index (χ0) is 7.56. The van der Waals surface area contributed by atoms with E-state index in [2.05, 4.69) is 0 Å². The predicted molar refractivity (Wildman–Crippen MR) is 39.6 cm³/mol. The molecule has 0 saturated heterocycles. The second-order valence-corrected chi connectivity index (χ2v) is 2.01. The van der Waals surface area contributed by atoms with Crippen LogP contribution in [0.5, 0.6) is 0 Å². The van der Waals surface area contributed by atoms with Crippen molar-refractivity contribution in [2.45, 2.75) is 6.92 Å². The molecular weight excluding hydrogens is 128 g/mol. The number of rotatable bonds is 0. The summed E-state index contributed by atoms with van der Waals surface area (Å²) >= 11 is 0. The van der Waals surface area contributed by atoms with E-state index in [1.165, 1.54) is 11.2 Å². The van der Waals surface area contributed by atoms with Crippen molar-refractivity contribution >= 4 is 0 Å². The zero-order valence-electron chi connectivity index (χ0n) is 5.78. The van der Waals surface area contributed by atoms with Gasteiger partial charge >= 0.3 is 0 Å². The highest BCUT2D eigenvalue weighted by Crippen LogP contribution is 2.10. The predicted octanol–water partition coefficient (Wildman–Crippen LogP) is 1.04. The zero-order valence-corrected chi connectivity index (χ0v) is 5.78. The summed E-state index contributed by atoms with van der Waals surface area (Å²) in [6.07, 6.45) is 6.66. The standard InChI is InChI=1S/C7H10N2O/c1-2-6-3-4-7(10)5-9(6)8/h2-5,10H,8H2,1H3/b6-2-. The Morgan fingerprint density at radius 1 is 1.60 bits per heavy atom. The first-order valence-electron chi connectivity index (χ1n) is 3.03. The van der Waals surface area contributed by atoms with Crippen LogP contribution in [-0.2, 0) is 0 Å². The molecule has 3 heteroatoms. The fraction of sp³-hybridized carbons (Fsp3) is 0.143. The van der Waals surface area contributed by atoms with Crippen molar-refractivity contribution in [3.8, 4) is 0 Å². The Morgan fingerprint density at radius 3 is 2.80 bits per heavy atom. The van der Waals surface area contributed by atoms with Gasteiger partial charge in [-0.3, -0.25) is 5.01 Å². The highest BCUT2D eigenvalue weighted by atomic mass is 16.3. The molecule has 0 atom stereocenters. The van der Waals surface area contributed by atoms with Crippen LogP contribution in [0.4, 0.5) is 0 Å². The molecule has 3 N–H and O–H groups in total. The van der Waals surface area contributed by atoms with Crippen molar-refractivity contribution in [1.29, 1.82) is 0 Å². The summed E-state index contributed by atoms with van der Waals surface area (Å²) in [5.41, 5.74) is 0.873. The van der Waals surface area contributed by atoms with Gasteiger partial charge in [0, 0.05) is 0 Å². The van der Waals surface area contributed by atoms with Gasteiger partial charge < -0.3 is 5.11 Å². The molecule has 1 heterocycles. The first-order chi connectivity index (χ1) is 4.74. The van der Waals surface area contributed by atoms with Crippen molar-refractivity contribution in [2.75, 3.05) is 0 Å². The first-order valence-corrected chi connectivity index (χ1v) is 3.03. The van der Waals surface area contributed by atoms with Gasteiger partial charge in [-0.05, 0) is 19.1 Å². The minimum atomic E-state index is 0.174. The summed E-state index contributed by atoms with van der Waals surface area (Å²) in [7, 11) is 0. The van der Waals surface area contributed by atoms with E-state index in [0.29, 0.717) is 0 Å². The second kappa shape index (κ2) is 2.58. The van der Waals surface area contributed by atoms with Gasteiger partial charge in [0.1, 0.15) is 5.76 Å². The lowest BCUT2D eigenvalue weighted by Crippen LogP contribution is -2.25. The van der Waals surface area contributed by atoms with E-state index in [1.54, 1.807) is 12.2 Å². The Kier molecular flexibility index (Phi) is 1.78. The molecule has 1 aliphatic heterocycles. The van der Waals surface area contributed by atoms with Crippen LogP contribution in [-0.4, -0.2) is 10.1 Å². The number of hydrazine groups is 1. The molecule has 10 heavy (non-hydrogen) atoms. The maximum absolute atomic E-state index is 8.92. The van der Waals surface area contributed by atoms with E-state index < -0.39 is 0 Å². The largest absolute Gasteiger partial charge is 0.506 e. The maximum Gasteiger partial charge on any atom is 0.133 e. The minimum absolute atomic E-state index is 0.174. The van der Waals surface area contributed by atoms with Gasteiger partial charge in [0.15, 0.2) is 0 Å². The Hall–Kier alpha value is -1.22. The number of hydrogen-bond donors (Lipinski definition) is 2. The average Bonchev–Trinajstić information content (AvgIpc) is 1.88. The van der Waals surface area contributed by atoms with Gasteiger partial charge in [-0.2, -0.15) is 0 Å². The smallest absolute Gasteiger partial charge is 0.133 e. The van der Waals surface area contributed by atoms with Crippen LogP contribution in [0.2, 0.25) is 0 Å². The normalized spacial score (nSPS) is 21.6. The van der Waals surface area contributed by atoms with E-state index >= 15 is 0 Å². The first kappa shape index (κ1) is 6.89. The molecule has 0 unspecified atom stereocenters. The van der Waals surface area contributed by atoms with Crippen molar-refractivity contribution in [2.24, 2.45) is 5.84 Å². The highest BCUT2D eigenvalue weighted by Gasteiger charge is 2.03. The molecule has 1 rings (SSSR count). The fourth-order valence-electron chi connectivity index (χ4n) is 0.762. The molecule has 54 valence electrons. The lowest BCUT2D eigenvalue weighted by molar-refractivity contribution is 0.391. The summed E-state index contributed by atoms with van der Waals surface area (Å²) in [5.74, 6) is 5.63. The summed E-state index contributed by atoms with van der Waals surface area (Å²) in [6.45, 7) is 1.88. The van der Waals surface area contributed by atoms with E-state index in [1.807, 2.05) is 13.0 Å². The molecule has 0 amide bonds. The fourth-order valence-corrected chi connectivity index (χ4v) is 0.762. The number of nitrogens with two attached hydrogens (primary N) is 1. The lowest BCUT2D eigenvalue weighted by atomic mass is 10.3. The Labute approximate surface area is 59.7 Å². The van der Waals surface area contributed by atoms with Gasteiger partial charge in [-0.15, -0.1) is 0 Å². The third-order valence-corrected chi connectivity index (χ3v) is 1.29. The molecule has 0 fully saturated rings. The van der Waals surface area contributed by atoms with E-state index in [-0.39, 0.29) is 5.76 Å². The van der Waals surface area contributed by atoms with Crippen LogP contribution in [0.1, 0.15) is 6.92 Å². The molecule has 0 bridgehead atoms. The summed E-state index contributed by atoms with van der Waals surface area (Å²) in [6, 6.07) is 0. The highest BCUT2D eigenvalue weighted by molar-refractivity contribution is 5.29. The number of aliphatic hydroxyl groups is 1. The van der Waals surface area contributed by atoms with Crippen molar-refractivity contribution in [3.63, 3.8) is 0 Å². The number of hydrogen-bond acceptors (Lipinski definition) is 3. The lowest BCUT2D eigenvalue weighted by Gasteiger charge is -2.17. The Morgan fingerprint density at radius 2 is 2.30 bits per heavy atom. The topological polar surface area (TPSA) is 49.5 Å². The molecule has 0 aromatic heterocycles. The average molecular weight is 138 g/mol. The van der Waals surface area contributed by atoms with Gasteiger partial charge in [-0.1, -0.05) is 6.08 Å². The molecule has 0 aromatic rings. The molecular formula is C7H10N2O. The van der Waals surface area contributed by atoms with Crippen LogP contribution in [0.25, 0.3) is 0 Å². The van der Waals surface area contributed by atoms with Crippen molar-refractivity contribution in [3.05, 3.63) is 35.9 Å². The van der Waals surface area contributed by atoms with Gasteiger partial charge in [0.25, 0.3) is 0 Å². The summed E-state index contributed by atoms with van der Waals surface area (Å²) < 4.78 is 0. The third kappa shape index (κ3) is 1.19. The van der Waals surface area contributed by atoms with Gasteiger partial charge in [0.2, 0.25) is 0 Å². The maximum atomic E-state index is 8.92. The van der Waals surface area contributed by atoms with Crippen LogP contribution < -0.4 is 5.84 Å². The van der Waals surface area contributed by atoms with Crippen LogP contribution in [0.15, 0.2) is 35.9 Å². The molecule has 0 aromatic carbocycles. The van der Waals surface area contributed by atoms with E-state index in [9.17, 15) is 0 Å². The van der Waals surface area contributed by atoms with Crippen LogP contribution >= 0.6 is 0 Å². The number of aliphatic hydroxyl groups excluding tert-OH is 1. The second-order valence-electron chi connectivity index (χ2n) is 2.01. The van der Waals surface area contributed by atoms with Gasteiger partial charge in [0.05, 0.1) is 11.9 Å². The van der Waals surface area contributed by atoms with Gasteiger partial charge in [-0.25, -0.2) is 5.84 Å².